The second-order valence-corrected chi connectivity index (χ2v) is 5.76. The van der Waals surface area contributed by atoms with E-state index in [1.807, 2.05) is 30.3 Å². The van der Waals surface area contributed by atoms with Gasteiger partial charge in [0.15, 0.2) is 6.61 Å². The second-order valence-electron chi connectivity index (χ2n) is 5.76. The van der Waals surface area contributed by atoms with Crippen LogP contribution in [0, 0.1) is 0 Å². The third-order valence-electron chi connectivity index (χ3n) is 3.91. The molecule has 0 aromatic heterocycles. The molecule has 1 N–H and O–H groups in total. The number of amides is 1. The van der Waals surface area contributed by atoms with E-state index in [9.17, 15) is 14.4 Å². The molecular formula is C21H17NO5. The van der Waals surface area contributed by atoms with Crippen molar-refractivity contribution in [3.8, 4) is 0 Å². The molecule has 0 fully saturated rings. The molecule has 3 aromatic carbocycles. The summed E-state index contributed by atoms with van der Waals surface area (Å²) in [5.74, 6) is -1.51. The summed E-state index contributed by atoms with van der Waals surface area (Å²) in [6.07, 6.45) is 0. The molecule has 0 atom stereocenters. The highest BCUT2D eigenvalue weighted by Crippen LogP contribution is 2.16. The number of carbonyl (C=O) groups is 3. The average molecular weight is 363 g/mol. The largest absolute Gasteiger partial charge is 0.465 e. The molecule has 0 aliphatic rings. The summed E-state index contributed by atoms with van der Waals surface area (Å²) in [4.78, 5) is 35.5. The van der Waals surface area contributed by atoms with Gasteiger partial charge in [-0.25, -0.2) is 9.59 Å². The zero-order chi connectivity index (χ0) is 19.2. The molecule has 0 spiro atoms. The summed E-state index contributed by atoms with van der Waals surface area (Å²) in [6, 6.07) is 19.1. The zero-order valence-corrected chi connectivity index (χ0v) is 14.6. The van der Waals surface area contributed by atoms with Gasteiger partial charge in [0.1, 0.15) is 0 Å². The minimum Gasteiger partial charge on any atom is -0.465 e. The van der Waals surface area contributed by atoms with Crippen molar-refractivity contribution in [2.24, 2.45) is 0 Å². The molecule has 0 unspecified atom stereocenters. The maximum Gasteiger partial charge on any atom is 0.338 e. The van der Waals surface area contributed by atoms with E-state index in [1.165, 1.54) is 19.2 Å². The molecular weight excluding hydrogens is 346 g/mol. The van der Waals surface area contributed by atoms with Crippen LogP contribution in [0.2, 0.25) is 0 Å². The summed E-state index contributed by atoms with van der Waals surface area (Å²) in [5.41, 5.74) is 1.23. The Morgan fingerprint density at radius 2 is 1.48 bits per heavy atom. The van der Waals surface area contributed by atoms with Gasteiger partial charge in [-0.1, -0.05) is 30.3 Å². The van der Waals surface area contributed by atoms with E-state index in [0.717, 1.165) is 10.8 Å². The Morgan fingerprint density at radius 3 is 2.19 bits per heavy atom. The van der Waals surface area contributed by atoms with Gasteiger partial charge in [0.2, 0.25) is 0 Å². The van der Waals surface area contributed by atoms with Crippen molar-refractivity contribution in [1.29, 1.82) is 0 Å². The Kier molecular flexibility index (Phi) is 5.47. The molecule has 0 heterocycles. The van der Waals surface area contributed by atoms with Crippen LogP contribution in [0.25, 0.3) is 10.8 Å². The van der Waals surface area contributed by atoms with Crippen LogP contribution in [-0.2, 0) is 14.3 Å². The number of rotatable bonds is 5. The number of fused-ring (bicyclic) bond motifs is 1. The van der Waals surface area contributed by atoms with Gasteiger partial charge in [0.05, 0.1) is 18.2 Å². The molecule has 136 valence electrons. The summed E-state index contributed by atoms with van der Waals surface area (Å²) in [7, 11) is 1.29. The fourth-order valence-corrected chi connectivity index (χ4v) is 2.54. The van der Waals surface area contributed by atoms with Gasteiger partial charge in [0.25, 0.3) is 5.91 Å². The molecule has 0 saturated carbocycles. The van der Waals surface area contributed by atoms with Crippen LogP contribution in [0.4, 0.5) is 5.69 Å². The van der Waals surface area contributed by atoms with Crippen LogP contribution in [0.1, 0.15) is 20.7 Å². The molecule has 27 heavy (non-hydrogen) atoms. The fraction of sp³-hybridized carbons (Fsp3) is 0.0952. The summed E-state index contributed by atoms with van der Waals surface area (Å²) < 4.78 is 9.67. The van der Waals surface area contributed by atoms with Crippen molar-refractivity contribution in [3.63, 3.8) is 0 Å². The minimum atomic E-state index is -0.572. The first-order valence-corrected chi connectivity index (χ1v) is 8.21. The quantitative estimate of drug-likeness (QED) is 0.703. The lowest BCUT2D eigenvalue weighted by molar-refractivity contribution is -0.119. The highest BCUT2D eigenvalue weighted by atomic mass is 16.5. The second kappa shape index (κ2) is 8.14. The molecule has 0 aliphatic heterocycles. The number of nitrogens with one attached hydrogen (secondary N) is 1. The zero-order valence-electron chi connectivity index (χ0n) is 14.6. The van der Waals surface area contributed by atoms with Gasteiger partial charge in [-0.15, -0.1) is 0 Å². The van der Waals surface area contributed by atoms with Crippen LogP contribution >= 0.6 is 0 Å². The van der Waals surface area contributed by atoms with Crippen LogP contribution < -0.4 is 5.32 Å². The van der Waals surface area contributed by atoms with Crippen molar-refractivity contribution in [2.45, 2.75) is 0 Å². The maximum atomic E-state index is 12.1. The first-order valence-electron chi connectivity index (χ1n) is 8.21. The first-order chi connectivity index (χ1) is 13.1. The van der Waals surface area contributed by atoms with E-state index in [2.05, 4.69) is 10.1 Å². The highest BCUT2D eigenvalue weighted by Gasteiger charge is 2.11. The Balaban J connectivity index is 1.56. The molecule has 0 bridgehead atoms. The highest BCUT2D eigenvalue weighted by molar-refractivity contribution is 5.98. The standard InChI is InChI=1S/C21H17NO5/c1-26-20(24)15-8-10-18(11-9-15)22-19(23)13-27-21(25)17-7-6-14-4-2-3-5-16(14)12-17/h2-12H,13H2,1H3,(H,22,23). The summed E-state index contributed by atoms with van der Waals surface area (Å²) in [5, 5.41) is 4.53. The van der Waals surface area contributed by atoms with Crippen LogP contribution in [0.15, 0.2) is 66.7 Å². The van der Waals surface area contributed by atoms with E-state index < -0.39 is 24.5 Å². The van der Waals surface area contributed by atoms with Gasteiger partial charge < -0.3 is 14.8 Å². The average Bonchev–Trinajstić information content (AvgIpc) is 2.71. The molecule has 3 rings (SSSR count). The number of anilines is 1. The molecule has 0 saturated heterocycles. The summed E-state index contributed by atoms with van der Waals surface area (Å²) >= 11 is 0. The SMILES string of the molecule is COC(=O)c1ccc(NC(=O)COC(=O)c2ccc3ccccc3c2)cc1. The van der Waals surface area contributed by atoms with E-state index in [0.29, 0.717) is 16.8 Å². The van der Waals surface area contributed by atoms with Gasteiger partial charge >= 0.3 is 11.9 Å². The van der Waals surface area contributed by atoms with E-state index in [1.54, 1.807) is 24.3 Å². The molecule has 6 heteroatoms. The topological polar surface area (TPSA) is 81.7 Å². The van der Waals surface area contributed by atoms with Crippen LogP contribution in [-0.4, -0.2) is 31.6 Å². The Morgan fingerprint density at radius 1 is 0.815 bits per heavy atom. The molecule has 0 radical (unpaired) electrons. The lowest BCUT2D eigenvalue weighted by Crippen LogP contribution is -2.21. The van der Waals surface area contributed by atoms with Gasteiger partial charge in [0, 0.05) is 5.69 Å². The summed E-state index contributed by atoms with van der Waals surface area (Å²) in [6.45, 7) is -0.412. The number of ether oxygens (including phenoxy) is 2. The van der Waals surface area contributed by atoms with E-state index in [4.69, 9.17) is 4.74 Å². The first kappa shape index (κ1) is 18.1. The number of carbonyl (C=O) groups excluding carboxylic acids is 3. The van der Waals surface area contributed by atoms with Crippen LogP contribution in [0.5, 0.6) is 0 Å². The van der Waals surface area contributed by atoms with Crippen molar-refractivity contribution in [3.05, 3.63) is 77.9 Å². The predicted molar refractivity (Wildman–Crippen MR) is 101 cm³/mol. The number of methoxy groups -OCH3 is 1. The van der Waals surface area contributed by atoms with Gasteiger partial charge in [-0.05, 0) is 47.2 Å². The van der Waals surface area contributed by atoms with Gasteiger partial charge in [-0.3, -0.25) is 4.79 Å². The van der Waals surface area contributed by atoms with Crippen molar-refractivity contribution >= 4 is 34.3 Å². The lowest BCUT2D eigenvalue weighted by atomic mass is 10.1. The predicted octanol–water partition coefficient (Wildman–Crippen LogP) is 3.42. The Hall–Kier alpha value is -3.67. The number of hydrogen-bond donors (Lipinski definition) is 1. The van der Waals surface area contributed by atoms with Crippen LogP contribution in [0.3, 0.4) is 0 Å². The lowest BCUT2D eigenvalue weighted by Gasteiger charge is -2.08. The molecule has 6 nitrogen and oxygen atoms in total. The number of benzene rings is 3. The normalized spacial score (nSPS) is 10.3. The van der Waals surface area contributed by atoms with Crippen molar-refractivity contribution in [1.82, 2.24) is 0 Å². The molecule has 3 aromatic rings. The van der Waals surface area contributed by atoms with Gasteiger partial charge in [-0.2, -0.15) is 0 Å². The van der Waals surface area contributed by atoms with Crippen molar-refractivity contribution in [2.75, 3.05) is 19.0 Å². The third kappa shape index (κ3) is 4.49. The van der Waals surface area contributed by atoms with E-state index >= 15 is 0 Å². The molecule has 0 aliphatic carbocycles. The third-order valence-corrected chi connectivity index (χ3v) is 3.91. The number of hydrogen-bond acceptors (Lipinski definition) is 5. The van der Waals surface area contributed by atoms with Crippen molar-refractivity contribution < 1.29 is 23.9 Å². The maximum absolute atomic E-state index is 12.1. The smallest absolute Gasteiger partial charge is 0.338 e. The Labute approximate surface area is 155 Å². The fourth-order valence-electron chi connectivity index (χ4n) is 2.54. The molecule has 1 amide bonds. The number of esters is 2. The Bertz CT molecular complexity index is 995. The monoisotopic (exact) mass is 363 g/mol. The van der Waals surface area contributed by atoms with E-state index in [-0.39, 0.29) is 0 Å². The minimum absolute atomic E-state index is 0.373.